The van der Waals surface area contributed by atoms with Gasteiger partial charge in [-0.05, 0) is 32.3 Å². The van der Waals surface area contributed by atoms with Crippen LogP contribution in [0.25, 0.3) is 11.1 Å². The summed E-state index contributed by atoms with van der Waals surface area (Å²) in [5, 5.41) is 14.9. The number of nitrogens with one attached hydrogen (secondary N) is 1. The van der Waals surface area contributed by atoms with Crippen molar-refractivity contribution in [1.82, 2.24) is 4.90 Å². The average Bonchev–Trinajstić information content (AvgIpc) is 3.08. The van der Waals surface area contributed by atoms with Gasteiger partial charge in [0.25, 0.3) is 0 Å². The van der Waals surface area contributed by atoms with Crippen LogP contribution in [-0.2, 0) is 9.53 Å². The van der Waals surface area contributed by atoms with Crippen molar-refractivity contribution >= 4 is 28.2 Å². The van der Waals surface area contributed by atoms with E-state index in [1.54, 1.807) is 6.92 Å². The standard InChI is InChI=1S/C21H26N2O4S/c1-3-27-21(26)19-17(15-6-4-14(2)5-7-15)13-28-20(19)22-18(25)12-23-10-8-16(24)9-11-23/h4-7,13,16,24H,3,8-12H2,1-2H3,(H,22,25). The topological polar surface area (TPSA) is 78.9 Å². The fourth-order valence-corrected chi connectivity index (χ4v) is 4.22. The highest BCUT2D eigenvalue weighted by molar-refractivity contribution is 7.15. The highest BCUT2D eigenvalue weighted by Crippen LogP contribution is 2.36. The summed E-state index contributed by atoms with van der Waals surface area (Å²) in [5.74, 6) is -0.602. The molecule has 1 amide bonds. The van der Waals surface area contributed by atoms with Crippen molar-refractivity contribution in [3.8, 4) is 11.1 Å². The molecule has 6 nitrogen and oxygen atoms in total. The molecule has 2 aromatic rings. The van der Waals surface area contributed by atoms with E-state index in [0.717, 1.165) is 16.7 Å². The number of benzene rings is 1. The average molecular weight is 403 g/mol. The summed E-state index contributed by atoms with van der Waals surface area (Å²) in [5.41, 5.74) is 3.21. The third-order valence-electron chi connectivity index (χ3n) is 4.81. The lowest BCUT2D eigenvalue weighted by Crippen LogP contribution is -2.40. The number of aliphatic hydroxyl groups is 1. The fraction of sp³-hybridized carbons (Fsp3) is 0.429. The van der Waals surface area contributed by atoms with Gasteiger partial charge >= 0.3 is 5.97 Å². The van der Waals surface area contributed by atoms with E-state index in [0.29, 0.717) is 36.5 Å². The van der Waals surface area contributed by atoms with Crippen LogP contribution >= 0.6 is 11.3 Å². The van der Waals surface area contributed by atoms with Crippen LogP contribution in [0.5, 0.6) is 0 Å². The second-order valence-electron chi connectivity index (χ2n) is 7.00. The molecule has 0 aliphatic carbocycles. The summed E-state index contributed by atoms with van der Waals surface area (Å²) in [6.07, 6.45) is 1.08. The third kappa shape index (κ3) is 4.98. The van der Waals surface area contributed by atoms with Crippen LogP contribution in [0.3, 0.4) is 0 Å². The Morgan fingerprint density at radius 2 is 1.93 bits per heavy atom. The van der Waals surface area contributed by atoms with Crippen molar-refractivity contribution in [2.24, 2.45) is 0 Å². The Morgan fingerprint density at radius 1 is 1.25 bits per heavy atom. The number of carbonyl (C=O) groups excluding carboxylic acids is 2. The van der Waals surface area contributed by atoms with Gasteiger partial charge < -0.3 is 15.2 Å². The van der Waals surface area contributed by atoms with E-state index in [4.69, 9.17) is 4.74 Å². The SMILES string of the molecule is CCOC(=O)c1c(-c2ccc(C)cc2)csc1NC(=O)CN1CCC(O)CC1. The van der Waals surface area contributed by atoms with Crippen molar-refractivity contribution in [2.45, 2.75) is 32.8 Å². The Morgan fingerprint density at radius 3 is 2.57 bits per heavy atom. The van der Waals surface area contributed by atoms with Crippen molar-refractivity contribution in [3.05, 3.63) is 40.8 Å². The maximum absolute atomic E-state index is 12.6. The smallest absolute Gasteiger partial charge is 0.341 e. The number of piperidine rings is 1. The van der Waals surface area contributed by atoms with Gasteiger partial charge in [-0.25, -0.2) is 4.79 Å². The number of carbonyl (C=O) groups is 2. The molecule has 2 heterocycles. The highest BCUT2D eigenvalue weighted by Gasteiger charge is 2.24. The Kier molecular flexibility index (Phi) is 6.83. The minimum atomic E-state index is -0.435. The highest BCUT2D eigenvalue weighted by atomic mass is 32.1. The molecule has 1 aliphatic heterocycles. The molecule has 0 saturated carbocycles. The minimum Gasteiger partial charge on any atom is -0.462 e. The number of hydrogen-bond donors (Lipinski definition) is 2. The lowest BCUT2D eigenvalue weighted by atomic mass is 10.0. The van der Waals surface area contributed by atoms with E-state index < -0.39 is 5.97 Å². The van der Waals surface area contributed by atoms with Gasteiger partial charge in [-0.15, -0.1) is 11.3 Å². The number of nitrogens with zero attached hydrogens (tertiary/aromatic N) is 1. The monoisotopic (exact) mass is 402 g/mol. The van der Waals surface area contributed by atoms with E-state index in [9.17, 15) is 14.7 Å². The van der Waals surface area contributed by atoms with E-state index >= 15 is 0 Å². The summed E-state index contributed by atoms with van der Waals surface area (Å²) >= 11 is 1.33. The molecule has 0 radical (unpaired) electrons. The maximum atomic E-state index is 12.6. The van der Waals surface area contributed by atoms with Crippen LogP contribution in [0.15, 0.2) is 29.6 Å². The second kappa shape index (κ2) is 9.32. The Hall–Kier alpha value is -2.22. The zero-order valence-corrected chi connectivity index (χ0v) is 17.1. The van der Waals surface area contributed by atoms with Gasteiger partial charge in [0.05, 0.1) is 19.3 Å². The van der Waals surface area contributed by atoms with Crippen LogP contribution in [-0.4, -0.2) is 54.2 Å². The summed E-state index contributed by atoms with van der Waals surface area (Å²) in [6.45, 7) is 5.67. The van der Waals surface area contributed by atoms with Crippen LogP contribution in [0.1, 0.15) is 35.7 Å². The van der Waals surface area contributed by atoms with Crippen LogP contribution in [0.2, 0.25) is 0 Å². The molecule has 0 bridgehead atoms. The van der Waals surface area contributed by atoms with E-state index in [2.05, 4.69) is 5.32 Å². The third-order valence-corrected chi connectivity index (χ3v) is 5.71. The first-order valence-corrected chi connectivity index (χ1v) is 10.4. The van der Waals surface area contributed by atoms with E-state index in [1.165, 1.54) is 11.3 Å². The summed E-state index contributed by atoms with van der Waals surface area (Å²) < 4.78 is 5.23. The zero-order valence-electron chi connectivity index (χ0n) is 16.2. The number of likely N-dealkylation sites (tertiary alicyclic amines) is 1. The number of aryl methyl sites for hydroxylation is 1. The predicted molar refractivity (Wildman–Crippen MR) is 111 cm³/mol. The number of thiophene rings is 1. The van der Waals surface area contributed by atoms with Crippen LogP contribution in [0, 0.1) is 6.92 Å². The predicted octanol–water partition coefficient (Wildman–Crippen LogP) is 3.30. The molecule has 0 atom stereocenters. The van der Waals surface area contributed by atoms with Gasteiger partial charge in [0, 0.05) is 24.0 Å². The number of anilines is 1. The maximum Gasteiger partial charge on any atom is 0.341 e. The van der Waals surface area contributed by atoms with Crippen molar-refractivity contribution in [2.75, 3.05) is 31.6 Å². The Bertz CT molecular complexity index is 823. The van der Waals surface area contributed by atoms with E-state index in [-0.39, 0.29) is 25.2 Å². The lowest BCUT2D eigenvalue weighted by molar-refractivity contribution is -0.117. The van der Waals surface area contributed by atoms with Gasteiger partial charge in [-0.1, -0.05) is 29.8 Å². The molecule has 28 heavy (non-hydrogen) atoms. The Balaban J connectivity index is 1.79. The normalized spacial score (nSPS) is 15.4. The molecule has 1 aliphatic rings. The first kappa shape index (κ1) is 20.5. The number of aliphatic hydroxyl groups excluding tert-OH is 1. The van der Waals surface area contributed by atoms with Crippen LogP contribution < -0.4 is 5.32 Å². The number of rotatable bonds is 6. The molecule has 1 aromatic heterocycles. The van der Waals surface area contributed by atoms with Crippen molar-refractivity contribution < 1.29 is 19.4 Å². The number of ether oxygens (including phenoxy) is 1. The second-order valence-corrected chi connectivity index (χ2v) is 7.88. The number of esters is 1. The molecular formula is C21H26N2O4S. The lowest BCUT2D eigenvalue weighted by Gasteiger charge is -2.28. The van der Waals surface area contributed by atoms with Crippen molar-refractivity contribution in [1.29, 1.82) is 0 Å². The van der Waals surface area contributed by atoms with Crippen molar-refractivity contribution in [3.63, 3.8) is 0 Å². The van der Waals surface area contributed by atoms with Gasteiger partial charge in [-0.3, -0.25) is 9.69 Å². The van der Waals surface area contributed by atoms with Crippen LogP contribution in [0.4, 0.5) is 5.00 Å². The number of hydrogen-bond acceptors (Lipinski definition) is 6. The van der Waals surface area contributed by atoms with Gasteiger partial charge in [0.1, 0.15) is 10.6 Å². The minimum absolute atomic E-state index is 0.167. The molecule has 0 spiro atoms. The molecular weight excluding hydrogens is 376 g/mol. The summed E-state index contributed by atoms with van der Waals surface area (Å²) in [7, 11) is 0. The number of amides is 1. The molecule has 2 N–H and O–H groups in total. The molecule has 1 fully saturated rings. The largest absolute Gasteiger partial charge is 0.462 e. The fourth-order valence-electron chi connectivity index (χ4n) is 3.25. The molecule has 1 saturated heterocycles. The molecule has 1 aromatic carbocycles. The summed E-state index contributed by atoms with van der Waals surface area (Å²) in [4.78, 5) is 27.1. The van der Waals surface area contributed by atoms with Gasteiger partial charge in [-0.2, -0.15) is 0 Å². The summed E-state index contributed by atoms with van der Waals surface area (Å²) in [6, 6.07) is 7.91. The zero-order chi connectivity index (χ0) is 20.1. The van der Waals surface area contributed by atoms with Gasteiger partial charge in [0.2, 0.25) is 5.91 Å². The quantitative estimate of drug-likeness (QED) is 0.725. The van der Waals surface area contributed by atoms with E-state index in [1.807, 2.05) is 41.5 Å². The molecule has 7 heteroatoms. The van der Waals surface area contributed by atoms with Gasteiger partial charge in [0.15, 0.2) is 0 Å². The first-order valence-electron chi connectivity index (χ1n) is 9.53. The molecule has 3 rings (SSSR count). The Labute approximate surface area is 169 Å². The molecule has 0 unspecified atom stereocenters. The first-order chi connectivity index (χ1) is 13.5. The molecule has 150 valence electrons.